The van der Waals surface area contributed by atoms with Crippen LogP contribution >= 0.6 is 0 Å². The minimum Gasteiger partial charge on any atom is -0.396 e. The van der Waals surface area contributed by atoms with Gasteiger partial charge in [-0.15, -0.1) is 0 Å². The zero-order valence-corrected chi connectivity index (χ0v) is 14.2. The number of ketones is 1. The Kier molecular flexibility index (Phi) is 3.41. The first-order valence-electron chi connectivity index (χ1n) is 9.14. The van der Waals surface area contributed by atoms with Crippen LogP contribution in [0.1, 0.15) is 46.0 Å². The van der Waals surface area contributed by atoms with E-state index in [1.807, 2.05) is 0 Å². The Hall–Kier alpha value is -0.930. The van der Waals surface area contributed by atoms with Crippen LogP contribution in [-0.2, 0) is 4.79 Å². The first-order chi connectivity index (χ1) is 10.9. The fraction of sp³-hybridized carbons (Fsp3) is 0.750. The van der Waals surface area contributed by atoms with E-state index < -0.39 is 0 Å². The zero-order chi connectivity index (χ0) is 16.4. The number of allylic oxidation sites excluding steroid dienone is 3. The number of aliphatic hydroxyl groups excluding tert-OH is 2. The third kappa shape index (κ3) is 1.99. The Labute approximate surface area is 138 Å². The molecule has 0 unspecified atom stereocenters. The highest BCUT2D eigenvalue weighted by Crippen LogP contribution is 2.65. The second-order valence-corrected chi connectivity index (χ2v) is 8.75. The molecular formula is C20H28O3. The van der Waals surface area contributed by atoms with Crippen LogP contribution in [0.25, 0.3) is 0 Å². The van der Waals surface area contributed by atoms with Crippen LogP contribution in [0.15, 0.2) is 23.8 Å². The average Bonchev–Trinajstić information content (AvgIpc) is 2.83. The minimum atomic E-state index is -0.172. The fourth-order valence-corrected chi connectivity index (χ4v) is 6.57. The largest absolute Gasteiger partial charge is 0.396 e. The van der Waals surface area contributed by atoms with E-state index in [1.54, 1.807) is 12.2 Å². The lowest BCUT2D eigenvalue weighted by molar-refractivity contribution is -0.111. The van der Waals surface area contributed by atoms with E-state index >= 15 is 0 Å². The van der Waals surface area contributed by atoms with Crippen LogP contribution in [0.4, 0.5) is 0 Å². The molecule has 0 aromatic rings. The molecule has 4 aliphatic carbocycles. The lowest BCUT2D eigenvalue weighted by Crippen LogP contribution is -2.52. The fourth-order valence-electron chi connectivity index (χ4n) is 6.57. The van der Waals surface area contributed by atoms with Crippen molar-refractivity contribution in [2.45, 2.75) is 52.1 Å². The molecular weight excluding hydrogens is 288 g/mol. The normalized spacial score (nSPS) is 51.7. The summed E-state index contributed by atoms with van der Waals surface area (Å²) in [6.45, 7) is 4.65. The maximum absolute atomic E-state index is 11.9. The molecule has 0 spiro atoms. The predicted molar refractivity (Wildman–Crippen MR) is 88.6 cm³/mol. The molecule has 0 aliphatic heterocycles. The molecule has 23 heavy (non-hydrogen) atoms. The molecule has 3 fully saturated rings. The van der Waals surface area contributed by atoms with Crippen molar-refractivity contribution >= 4 is 5.78 Å². The highest BCUT2D eigenvalue weighted by molar-refractivity contribution is 6.01. The third-order valence-corrected chi connectivity index (χ3v) is 7.89. The molecule has 0 amide bonds. The molecule has 0 aromatic carbocycles. The van der Waals surface area contributed by atoms with Crippen LogP contribution in [0, 0.1) is 34.5 Å². The van der Waals surface area contributed by atoms with Gasteiger partial charge in [0.1, 0.15) is 0 Å². The van der Waals surface area contributed by atoms with Gasteiger partial charge in [0, 0.05) is 17.9 Å². The van der Waals surface area contributed by atoms with Crippen molar-refractivity contribution in [1.82, 2.24) is 0 Å². The Bertz CT molecular complexity index is 592. The second-order valence-electron chi connectivity index (χ2n) is 8.75. The first kappa shape index (κ1) is 15.6. The Morgan fingerprint density at radius 1 is 1.22 bits per heavy atom. The molecule has 0 heterocycles. The van der Waals surface area contributed by atoms with E-state index in [9.17, 15) is 15.0 Å². The minimum absolute atomic E-state index is 0.0486. The number of fused-ring (bicyclic) bond motifs is 5. The SMILES string of the molecule is C[C@]12CC[C@H]3[C@@H](C[C@H](CO)C4=CC(=O)C=C[C@@]43C)[C@@H]1CC[C@@H]2O. The van der Waals surface area contributed by atoms with Gasteiger partial charge in [0.05, 0.1) is 6.10 Å². The summed E-state index contributed by atoms with van der Waals surface area (Å²) in [5.41, 5.74) is 1.10. The standard InChI is InChI=1S/C20H28O3/c1-19-7-5-13(22)10-17(19)12(11-21)9-14-15-3-4-18(23)20(15,2)8-6-16(14)19/h5,7,10,12,14-16,18,21,23H,3-4,6,8-9,11H2,1-2H3/t12-,14+,15+,16+,18+,19-,20+/m1/s1. The maximum atomic E-state index is 11.9. The molecule has 4 aliphatic rings. The molecule has 0 aromatic heterocycles. The second kappa shape index (κ2) is 5.03. The van der Waals surface area contributed by atoms with Crippen LogP contribution in [0.3, 0.4) is 0 Å². The topological polar surface area (TPSA) is 57.5 Å². The quantitative estimate of drug-likeness (QED) is 0.782. The molecule has 2 N–H and O–H groups in total. The van der Waals surface area contributed by atoms with E-state index in [2.05, 4.69) is 19.9 Å². The number of aliphatic hydroxyl groups is 2. The predicted octanol–water partition coefficient (Wildman–Crippen LogP) is 2.87. The van der Waals surface area contributed by atoms with Gasteiger partial charge in [-0.05, 0) is 67.4 Å². The van der Waals surface area contributed by atoms with Crippen molar-refractivity contribution in [2.75, 3.05) is 6.61 Å². The summed E-state index contributed by atoms with van der Waals surface area (Å²) in [5, 5.41) is 20.5. The highest BCUT2D eigenvalue weighted by Gasteiger charge is 2.59. The summed E-state index contributed by atoms with van der Waals surface area (Å²) in [4.78, 5) is 11.9. The molecule has 3 heteroatoms. The summed E-state index contributed by atoms with van der Waals surface area (Å²) in [7, 11) is 0. The lowest BCUT2D eigenvalue weighted by Gasteiger charge is -2.58. The van der Waals surface area contributed by atoms with Gasteiger partial charge in [-0.1, -0.05) is 25.5 Å². The van der Waals surface area contributed by atoms with Gasteiger partial charge in [-0.3, -0.25) is 4.79 Å². The van der Waals surface area contributed by atoms with Crippen molar-refractivity contribution in [3.8, 4) is 0 Å². The molecule has 0 saturated heterocycles. The van der Waals surface area contributed by atoms with Crippen LogP contribution < -0.4 is 0 Å². The Morgan fingerprint density at radius 3 is 2.74 bits per heavy atom. The van der Waals surface area contributed by atoms with E-state index in [1.165, 1.54) is 0 Å². The number of rotatable bonds is 1. The van der Waals surface area contributed by atoms with E-state index in [0.29, 0.717) is 17.8 Å². The molecule has 4 rings (SSSR count). The molecule has 0 bridgehead atoms. The molecule has 3 nitrogen and oxygen atoms in total. The molecule has 3 saturated carbocycles. The number of carbonyl (C=O) groups excluding carboxylic acids is 1. The zero-order valence-electron chi connectivity index (χ0n) is 14.2. The van der Waals surface area contributed by atoms with Crippen molar-refractivity contribution in [3.05, 3.63) is 23.8 Å². The molecule has 0 radical (unpaired) electrons. The van der Waals surface area contributed by atoms with Crippen molar-refractivity contribution in [2.24, 2.45) is 34.5 Å². The highest BCUT2D eigenvalue weighted by atomic mass is 16.3. The van der Waals surface area contributed by atoms with Gasteiger partial charge < -0.3 is 10.2 Å². The van der Waals surface area contributed by atoms with E-state index in [4.69, 9.17) is 0 Å². The van der Waals surface area contributed by atoms with Crippen molar-refractivity contribution in [3.63, 3.8) is 0 Å². The van der Waals surface area contributed by atoms with Gasteiger partial charge in [-0.2, -0.15) is 0 Å². The van der Waals surface area contributed by atoms with Crippen molar-refractivity contribution < 1.29 is 15.0 Å². The van der Waals surface area contributed by atoms with E-state index in [0.717, 1.165) is 37.7 Å². The van der Waals surface area contributed by atoms with Crippen molar-refractivity contribution in [1.29, 1.82) is 0 Å². The Morgan fingerprint density at radius 2 is 2.00 bits per heavy atom. The number of carbonyl (C=O) groups is 1. The monoisotopic (exact) mass is 316 g/mol. The summed E-state index contributed by atoms with van der Waals surface area (Å²) in [6, 6.07) is 0. The lowest BCUT2D eigenvalue weighted by atomic mass is 9.46. The summed E-state index contributed by atoms with van der Waals surface area (Å²) < 4.78 is 0. The number of hydrogen-bond acceptors (Lipinski definition) is 3. The Balaban J connectivity index is 1.75. The van der Waals surface area contributed by atoms with Crippen LogP contribution in [0.5, 0.6) is 0 Å². The van der Waals surface area contributed by atoms with Gasteiger partial charge in [0.25, 0.3) is 0 Å². The molecule has 126 valence electrons. The summed E-state index contributed by atoms with van der Waals surface area (Å²) in [5.74, 6) is 1.78. The third-order valence-electron chi connectivity index (χ3n) is 7.89. The van der Waals surface area contributed by atoms with Gasteiger partial charge in [0.15, 0.2) is 5.78 Å². The van der Waals surface area contributed by atoms with E-state index in [-0.39, 0.29) is 35.2 Å². The average molecular weight is 316 g/mol. The first-order valence-corrected chi connectivity index (χ1v) is 9.14. The van der Waals surface area contributed by atoms with Crippen LogP contribution in [-0.4, -0.2) is 28.7 Å². The smallest absolute Gasteiger partial charge is 0.178 e. The van der Waals surface area contributed by atoms with Crippen LogP contribution in [0.2, 0.25) is 0 Å². The summed E-state index contributed by atoms with van der Waals surface area (Å²) >= 11 is 0. The summed E-state index contributed by atoms with van der Waals surface area (Å²) in [6.07, 6.45) is 10.6. The number of hydrogen-bond donors (Lipinski definition) is 2. The maximum Gasteiger partial charge on any atom is 0.178 e. The molecule has 7 atom stereocenters. The van der Waals surface area contributed by atoms with Gasteiger partial charge in [-0.25, -0.2) is 0 Å². The van der Waals surface area contributed by atoms with Gasteiger partial charge >= 0.3 is 0 Å². The van der Waals surface area contributed by atoms with Gasteiger partial charge in [0.2, 0.25) is 0 Å².